The van der Waals surface area contributed by atoms with Gasteiger partial charge in [0.15, 0.2) is 17.7 Å². The molecule has 230 valence electrons. The van der Waals surface area contributed by atoms with Gasteiger partial charge in [-0.25, -0.2) is 4.79 Å². The van der Waals surface area contributed by atoms with Crippen LogP contribution >= 0.6 is 0 Å². The fourth-order valence-corrected chi connectivity index (χ4v) is 4.84. The number of fused-ring (bicyclic) bond motifs is 13. The monoisotopic (exact) mass is 593 g/mol. The van der Waals surface area contributed by atoms with Crippen molar-refractivity contribution in [3.8, 4) is 5.75 Å². The Bertz CT molecular complexity index is 1430. The van der Waals surface area contributed by atoms with Gasteiger partial charge in [-0.05, 0) is 64.2 Å². The van der Waals surface area contributed by atoms with Crippen molar-refractivity contribution in [3.05, 3.63) is 75.5 Å². The molecule has 3 aliphatic rings. The number of rotatable bonds is 5. The number of methoxy groups -OCH3 is 1. The van der Waals surface area contributed by atoms with Crippen LogP contribution in [0.3, 0.4) is 0 Å². The van der Waals surface area contributed by atoms with Crippen molar-refractivity contribution in [2.45, 2.75) is 72.5 Å². The lowest BCUT2D eigenvalue weighted by Gasteiger charge is -2.24. The summed E-state index contributed by atoms with van der Waals surface area (Å²) >= 11 is 0. The molecule has 43 heavy (non-hydrogen) atoms. The number of nitrogens with one attached hydrogen (secondary N) is 1. The van der Waals surface area contributed by atoms with Crippen LogP contribution in [0.25, 0.3) is 0 Å². The molecule has 2 N–H and O–H groups in total. The van der Waals surface area contributed by atoms with Crippen molar-refractivity contribution in [1.82, 2.24) is 5.32 Å². The number of esters is 1. The molecule has 2 heterocycles. The van der Waals surface area contributed by atoms with Crippen LogP contribution in [0.15, 0.2) is 53.3 Å². The smallest absolute Gasteiger partial charge is 0.334 e. The number of ketones is 3. The zero-order valence-corrected chi connectivity index (χ0v) is 25.4. The second-order valence-electron chi connectivity index (χ2n) is 10.9. The van der Waals surface area contributed by atoms with E-state index in [4.69, 9.17) is 14.2 Å². The third-order valence-corrected chi connectivity index (χ3v) is 7.25. The molecule has 0 radical (unpaired) electrons. The molecule has 1 aromatic carbocycles. The molecule has 10 heteroatoms. The van der Waals surface area contributed by atoms with Gasteiger partial charge in [-0.1, -0.05) is 30.7 Å². The predicted octanol–water partition coefficient (Wildman–Crippen LogP) is 4.84. The van der Waals surface area contributed by atoms with E-state index in [0.717, 1.165) is 11.6 Å². The largest absolute Gasteiger partial charge is 0.507 e. The Hall–Kier alpha value is -4.15. The summed E-state index contributed by atoms with van der Waals surface area (Å²) < 4.78 is 16.7. The second kappa shape index (κ2) is 14.8. The van der Waals surface area contributed by atoms with Crippen LogP contribution in [0.5, 0.6) is 5.75 Å². The van der Waals surface area contributed by atoms with Crippen LogP contribution in [0.1, 0.15) is 90.0 Å². The maximum absolute atomic E-state index is 13.5. The van der Waals surface area contributed by atoms with E-state index in [-0.39, 0.29) is 64.8 Å². The standard InChI is InChI=1S/C33H39NO9/c1-7-21-9-11-24(35)30-29-22(15-20(5)31(30)38)32(39)23(16-25(29)36)34-28(37)13-8-19(4)33(40)43-27(14-18(2)3)26(12-10-21)42-17-41-6/h8,10,12,14-16,21,26-27,38H,7,9,11,13,17H2,1-6H3,(H,34,37)/b12-10-,19-8-. The molecule has 4 bridgehead atoms. The highest BCUT2D eigenvalue weighted by atomic mass is 16.7. The highest BCUT2D eigenvalue weighted by Crippen LogP contribution is 2.34. The number of carbonyl (C=O) groups excluding carboxylic acids is 5. The number of aryl methyl sites for hydroxylation is 1. The average Bonchev–Trinajstić information content (AvgIpc) is 2.95. The van der Waals surface area contributed by atoms with Crippen molar-refractivity contribution in [1.29, 1.82) is 0 Å². The summed E-state index contributed by atoms with van der Waals surface area (Å²) in [5.41, 5.74) is 0.603. The van der Waals surface area contributed by atoms with Crippen molar-refractivity contribution < 1.29 is 43.3 Å². The van der Waals surface area contributed by atoms with E-state index in [9.17, 15) is 29.1 Å². The number of phenols is 1. The summed E-state index contributed by atoms with van der Waals surface area (Å²) in [5, 5.41) is 13.3. The molecule has 0 saturated heterocycles. The van der Waals surface area contributed by atoms with E-state index in [2.05, 4.69) is 5.32 Å². The topological polar surface area (TPSA) is 145 Å². The van der Waals surface area contributed by atoms with Crippen molar-refractivity contribution in [2.75, 3.05) is 13.9 Å². The predicted molar refractivity (Wildman–Crippen MR) is 159 cm³/mol. The van der Waals surface area contributed by atoms with Crippen LogP contribution in [-0.4, -0.2) is 60.4 Å². The molecular formula is C33H39NO9. The lowest BCUT2D eigenvalue weighted by molar-refractivity contribution is -0.151. The van der Waals surface area contributed by atoms with Gasteiger partial charge < -0.3 is 24.6 Å². The number of phenolic OH excluding ortho intramolecular Hbond substituents is 1. The van der Waals surface area contributed by atoms with Crippen molar-refractivity contribution in [3.63, 3.8) is 0 Å². The van der Waals surface area contributed by atoms with Gasteiger partial charge in [0.1, 0.15) is 18.6 Å². The Kier molecular flexibility index (Phi) is 11.5. The maximum Gasteiger partial charge on any atom is 0.334 e. The van der Waals surface area contributed by atoms with E-state index in [1.807, 2.05) is 26.8 Å². The Morgan fingerprint density at radius 3 is 2.49 bits per heavy atom. The van der Waals surface area contributed by atoms with Crippen LogP contribution < -0.4 is 5.32 Å². The van der Waals surface area contributed by atoms with Gasteiger partial charge in [0.05, 0.1) is 11.3 Å². The summed E-state index contributed by atoms with van der Waals surface area (Å²) in [6.07, 6.45) is 6.93. The molecule has 3 unspecified atom stereocenters. The van der Waals surface area contributed by atoms with Crippen LogP contribution in [0, 0.1) is 12.8 Å². The molecule has 0 spiro atoms. The Morgan fingerprint density at radius 1 is 1.12 bits per heavy atom. The molecule has 10 nitrogen and oxygen atoms in total. The van der Waals surface area contributed by atoms with Gasteiger partial charge in [-0.3, -0.25) is 19.2 Å². The van der Waals surface area contributed by atoms with Gasteiger partial charge in [0.2, 0.25) is 11.7 Å². The number of carbonyl (C=O) groups is 5. The van der Waals surface area contributed by atoms with E-state index in [0.29, 0.717) is 12.8 Å². The SMILES string of the molecule is CCC1/C=C\C(OCOC)C(C=C(C)C)OC(=O)/C(C)=C\CC(=O)NC2=CC(=O)c3c(cc(C)c(O)c3C(=O)CC1)C2=O. The summed E-state index contributed by atoms with van der Waals surface area (Å²) in [7, 11) is 1.48. The van der Waals surface area contributed by atoms with E-state index < -0.39 is 41.4 Å². The number of Topliss-reactive ketones (excluding diaryl/α,β-unsaturated/α-hetero) is 2. The molecule has 3 atom stereocenters. The lowest BCUT2D eigenvalue weighted by atomic mass is 9.84. The Labute approximate surface area is 251 Å². The molecule has 4 rings (SSSR count). The van der Waals surface area contributed by atoms with Crippen LogP contribution in [0.4, 0.5) is 0 Å². The molecule has 0 fully saturated rings. The third kappa shape index (κ3) is 8.24. The normalized spacial score (nSPS) is 24.0. The fourth-order valence-electron chi connectivity index (χ4n) is 4.84. The molecule has 1 aliphatic carbocycles. The number of ether oxygens (including phenoxy) is 3. The quantitative estimate of drug-likeness (QED) is 0.278. The number of hydrogen-bond acceptors (Lipinski definition) is 9. The highest BCUT2D eigenvalue weighted by molar-refractivity contribution is 6.28. The maximum atomic E-state index is 13.5. The highest BCUT2D eigenvalue weighted by Gasteiger charge is 2.34. The first kappa shape index (κ1) is 33.4. The fraction of sp³-hybridized carbons (Fsp3) is 0.424. The molecule has 1 amide bonds. The second-order valence-corrected chi connectivity index (χ2v) is 10.9. The van der Waals surface area contributed by atoms with E-state index in [1.165, 1.54) is 33.1 Å². The van der Waals surface area contributed by atoms with Gasteiger partial charge in [0, 0.05) is 42.7 Å². The number of benzene rings is 1. The van der Waals surface area contributed by atoms with Crippen molar-refractivity contribution in [2.24, 2.45) is 5.92 Å². The zero-order valence-electron chi connectivity index (χ0n) is 25.4. The van der Waals surface area contributed by atoms with Gasteiger partial charge in [0.25, 0.3) is 0 Å². The van der Waals surface area contributed by atoms with E-state index in [1.54, 1.807) is 12.2 Å². The summed E-state index contributed by atoms with van der Waals surface area (Å²) in [6, 6.07) is 1.34. The lowest BCUT2D eigenvalue weighted by Crippen LogP contribution is -2.33. The molecular weight excluding hydrogens is 554 g/mol. The zero-order chi connectivity index (χ0) is 31.8. The Balaban J connectivity index is 2.11. The third-order valence-electron chi connectivity index (χ3n) is 7.25. The first-order valence-corrected chi connectivity index (χ1v) is 14.2. The summed E-state index contributed by atoms with van der Waals surface area (Å²) in [5.74, 6) is -3.57. The number of aromatic hydroxyl groups is 1. The van der Waals surface area contributed by atoms with Crippen LogP contribution in [-0.2, 0) is 23.8 Å². The summed E-state index contributed by atoms with van der Waals surface area (Å²) in [4.78, 5) is 65.7. The van der Waals surface area contributed by atoms with Gasteiger partial charge in [-0.15, -0.1) is 0 Å². The molecule has 1 aromatic rings. The first-order chi connectivity index (χ1) is 20.4. The molecule has 0 saturated carbocycles. The number of allylic oxidation sites excluding steroid dienone is 4. The minimum Gasteiger partial charge on any atom is -0.507 e. The number of amides is 1. The molecule has 2 aliphatic heterocycles. The first-order valence-electron chi connectivity index (χ1n) is 14.2. The minimum absolute atomic E-state index is 0.0128. The van der Waals surface area contributed by atoms with E-state index >= 15 is 0 Å². The van der Waals surface area contributed by atoms with Crippen LogP contribution in [0.2, 0.25) is 0 Å². The minimum atomic E-state index is -0.820. The van der Waals surface area contributed by atoms with Gasteiger partial charge >= 0.3 is 5.97 Å². The average molecular weight is 594 g/mol. The van der Waals surface area contributed by atoms with Gasteiger partial charge in [-0.2, -0.15) is 0 Å². The summed E-state index contributed by atoms with van der Waals surface area (Å²) in [6.45, 7) is 8.65. The molecule has 0 aromatic heterocycles. The number of hydrogen-bond donors (Lipinski definition) is 2. The Morgan fingerprint density at radius 2 is 1.84 bits per heavy atom. The van der Waals surface area contributed by atoms with Crippen molar-refractivity contribution >= 4 is 29.2 Å².